The smallest absolute Gasteiger partial charge is 0.261 e. The Bertz CT molecular complexity index is 1220. The second kappa shape index (κ2) is 12.5. The van der Waals surface area contributed by atoms with Gasteiger partial charge in [0.15, 0.2) is 6.61 Å². The van der Waals surface area contributed by atoms with E-state index in [4.69, 9.17) is 27.9 Å². The molecule has 3 aromatic carbocycles. The van der Waals surface area contributed by atoms with Gasteiger partial charge in [-0.1, -0.05) is 71.7 Å². The fourth-order valence-electron chi connectivity index (χ4n) is 4.03. The Hall–Kier alpha value is -3.02. The third-order valence-corrected chi connectivity index (χ3v) is 6.81. The molecule has 0 aliphatic rings. The maximum Gasteiger partial charge on any atom is 0.261 e. The predicted octanol–water partition coefficient (Wildman–Crippen LogP) is 6.54. The van der Waals surface area contributed by atoms with E-state index in [1.807, 2.05) is 83.1 Å². The van der Waals surface area contributed by atoms with Crippen LogP contribution in [-0.4, -0.2) is 34.9 Å². The Kier molecular flexibility index (Phi) is 9.63. The van der Waals surface area contributed by atoms with Crippen molar-refractivity contribution in [3.63, 3.8) is 0 Å². The summed E-state index contributed by atoms with van der Waals surface area (Å²) in [5.41, 5.74) is 2.95. The van der Waals surface area contributed by atoms with Crippen LogP contribution in [-0.2, 0) is 22.6 Å². The largest absolute Gasteiger partial charge is 0.484 e. The molecule has 2 amide bonds. The van der Waals surface area contributed by atoms with Gasteiger partial charge < -0.3 is 15.0 Å². The molecule has 0 saturated heterocycles. The standard InChI is InChI=1S/C30H34Cl2N2O3/c1-20-15-24(16-21(2)28(20)32)37-19-27(35)34(18-23-13-9-10-14-25(23)31)26(29(36)33-30(3,4)5)17-22-11-7-6-8-12-22/h6-16,26H,17-19H2,1-5H3,(H,33,36)/t26-/m0/s1. The molecule has 5 nitrogen and oxygen atoms in total. The molecular weight excluding hydrogens is 507 g/mol. The van der Waals surface area contributed by atoms with E-state index in [0.29, 0.717) is 22.2 Å². The van der Waals surface area contributed by atoms with Gasteiger partial charge in [0.05, 0.1) is 0 Å². The van der Waals surface area contributed by atoms with Crippen LogP contribution in [0.15, 0.2) is 66.7 Å². The molecular formula is C30H34Cl2N2O3. The minimum absolute atomic E-state index is 0.162. The van der Waals surface area contributed by atoms with Gasteiger partial charge in [-0.15, -0.1) is 0 Å². The summed E-state index contributed by atoms with van der Waals surface area (Å²) in [6, 6.07) is 19.8. The van der Waals surface area contributed by atoms with E-state index < -0.39 is 11.6 Å². The number of carbonyl (C=O) groups excluding carboxylic acids is 2. The van der Waals surface area contributed by atoms with Crippen LogP contribution in [0.4, 0.5) is 0 Å². The highest BCUT2D eigenvalue weighted by Crippen LogP contribution is 2.26. The van der Waals surface area contributed by atoms with E-state index in [1.54, 1.807) is 23.1 Å². The van der Waals surface area contributed by atoms with Gasteiger partial charge in [0.1, 0.15) is 11.8 Å². The molecule has 0 aromatic heterocycles. The summed E-state index contributed by atoms with van der Waals surface area (Å²) in [6.45, 7) is 9.45. The fourth-order valence-corrected chi connectivity index (χ4v) is 4.34. The summed E-state index contributed by atoms with van der Waals surface area (Å²) in [7, 11) is 0. The summed E-state index contributed by atoms with van der Waals surface area (Å²) >= 11 is 12.8. The van der Waals surface area contributed by atoms with Crippen molar-refractivity contribution < 1.29 is 14.3 Å². The highest BCUT2D eigenvalue weighted by Gasteiger charge is 2.32. The average molecular weight is 542 g/mol. The van der Waals surface area contributed by atoms with Crippen LogP contribution < -0.4 is 10.1 Å². The lowest BCUT2D eigenvalue weighted by molar-refractivity contribution is -0.143. The first kappa shape index (κ1) is 28.5. The van der Waals surface area contributed by atoms with Gasteiger partial charge in [0.2, 0.25) is 5.91 Å². The third-order valence-electron chi connectivity index (χ3n) is 5.84. The number of halogens is 2. The molecule has 0 bridgehead atoms. The van der Waals surface area contributed by atoms with E-state index in [0.717, 1.165) is 22.3 Å². The van der Waals surface area contributed by atoms with E-state index in [-0.39, 0.29) is 25.0 Å². The van der Waals surface area contributed by atoms with Gasteiger partial charge >= 0.3 is 0 Å². The topological polar surface area (TPSA) is 58.6 Å². The summed E-state index contributed by atoms with van der Waals surface area (Å²) in [5.74, 6) is -0.0192. The number of hydrogen-bond donors (Lipinski definition) is 1. The maximum absolute atomic E-state index is 13.7. The van der Waals surface area contributed by atoms with Crippen LogP contribution in [0.25, 0.3) is 0 Å². The zero-order valence-electron chi connectivity index (χ0n) is 22.0. The lowest BCUT2D eigenvalue weighted by Crippen LogP contribution is -2.55. The van der Waals surface area contributed by atoms with Crippen LogP contribution in [0.5, 0.6) is 5.75 Å². The number of rotatable bonds is 9. The molecule has 1 N–H and O–H groups in total. The number of nitrogens with one attached hydrogen (secondary N) is 1. The summed E-state index contributed by atoms with van der Waals surface area (Å²) < 4.78 is 5.90. The second-order valence-corrected chi connectivity index (χ2v) is 11.0. The number of nitrogens with zero attached hydrogens (tertiary/aromatic N) is 1. The lowest BCUT2D eigenvalue weighted by atomic mass is 10.0. The molecule has 0 radical (unpaired) electrons. The second-order valence-electron chi connectivity index (χ2n) is 10.2. The van der Waals surface area contributed by atoms with Gasteiger partial charge in [0, 0.05) is 28.5 Å². The minimum atomic E-state index is -0.775. The molecule has 3 aromatic rings. The van der Waals surface area contributed by atoms with E-state index >= 15 is 0 Å². The number of hydrogen-bond acceptors (Lipinski definition) is 3. The fraction of sp³-hybridized carbons (Fsp3) is 0.333. The normalized spacial score (nSPS) is 12.1. The van der Waals surface area contributed by atoms with Crippen molar-refractivity contribution >= 4 is 35.0 Å². The Morgan fingerprint density at radius 1 is 0.946 bits per heavy atom. The highest BCUT2D eigenvalue weighted by molar-refractivity contribution is 6.32. The number of benzene rings is 3. The molecule has 196 valence electrons. The number of aryl methyl sites for hydroxylation is 2. The minimum Gasteiger partial charge on any atom is -0.484 e. The molecule has 0 saturated carbocycles. The molecule has 7 heteroatoms. The first-order valence-electron chi connectivity index (χ1n) is 12.2. The average Bonchev–Trinajstić information content (AvgIpc) is 2.83. The third kappa shape index (κ3) is 8.24. The van der Waals surface area contributed by atoms with Crippen LogP contribution in [0, 0.1) is 13.8 Å². The first-order chi connectivity index (χ1) is 17.4. The lowest BCUT2D eigenvalue weighted by Gasteiger charge is -2.34. The van der Waals surface area contributed by atoms with Crippen molar-refractivity contribution in [2.24, 2.45) is 0 Å². The Balaban J connectivity index is 1.95. The zero-order valence-corrected chi connectivity index (χ0v) is 23.5. The Labute approximate surface area is 229 Å². The monoisotopic (exact) mass is 540 g/mol. The Morgan fingerprint density at radius 2 is 1.54 bits per heavy atom. The van der Waals surface area contributed by atoms with Gasteiger partial charge in [-0.2, -0.15) is 0 Å². The van der Waals surface area contributed by atoms with Gasteiger partial charge in [-0.25, -0.2) is 0 Å². The molecule has 0 unspecified atom stereocenters. The molecule has 0 heterocycles. The Morgan fingerprint density at radius 3 is 2.14 bits per heavy atom. The molecule has 0 aliphatic heterocycles. The van der Waals surface area contributed by atoms with Crippen LogP contribution in [0.1, 0.15) is 43.0 Å². The first-order valence-corrected chi connectivity index (χ1v) is 13.0. The number of amides is 2. The molecule has 0 spiro atoms. The van der Waals surface area contributed by atoms with Crippen molar-refractivity contribution in [2.75, 3.05) is 6.61 Å². The predicted molar refractivity (Wildman–Crippen MR) is 150 cm³/mol. The van der Waals surface area contributed by atoms with Crippen LogP contribution >= 0.6 is 23.2 Å². The quantitative estimate of drug-likeness (QED) is 0.335. The zero-order chi connectivity index (χ0) is 27.2. The molecule has 0 fully saturated rings. The van der Waals surface area contributed by atoms with Gasteiger partial charge in [0.25, 0.3) is 5.91 Å². The van der Waals surface area contributed by atoms with Crippen LogP contribution in [0.2, 0.25) is 10.0 Å². The highest BCUT2D eigenvalue weighted by atomic mass is 35.5. The van der Waals surface area contributed by atoms with Gasteiger partial charge in [-0.3, -0.25) is 9.59 Å². The molecule has 1 atom stereocenters. The molecule has 37 heavy (non-hydrogen) atoms. The van der Waals surface area contributed by atoms with Crippen LogP contribution in [0.3, 0.4) is 0 Å². The van der Waals surface area contributed by atoms with E-state index in [1.165, 1.54) is 0 Å². The van der Waals surface area contributed by atoms with Crippen molar-refractivity contribution in [2.45, 2.75) is 59.2 Å². The summed E-state index contributed by atoms with van der Waals surface area (Å²) in [4.78, 5) is 28.9. The maximum atomic E-state index is 13.7. The van der Waals surface area contributed by atoms with Crippen molar-refractivity contribution in [1.29, 1.82) is 0 Å². The van der Waals surface area contributed by atoms with E-state index in [2.05, 4.69) is 5.32 Å². The van der Waals surface area contributed by atoms with E-state index in [9.17, 15) is 9.59 Å². The van der Waals surface area contributed by atoms with Crippen molar-refractivity contribution in [3.05, 3.63) is 99.0 Å². The number of carbonyl (C=O) groups is 2. The van der Waals surface area contributed by atoms with Crippen molar-refractivity contribution in [1.82, 2.24) is 10.2 Å². The molecule has 3 rings (SSSR count). The van der Waals surface area contributed by atoms with Gasteiger partial charge in [-0.05, 0) is 75.1 Å². The summed E-state index contributed by atoms with van der Waals surface area (Å²) in [5, 5.41) is 4.24. The summed E-state index contributed by atoms with van der Waals surface area (Å²) in [6.07, 6.45) is 0.345. The molecule has 0 aliphatic carbocycles. The number of ether oxygens (including phenoxy) is 1. The van der Waals surface area contributed by atoms with Crippen molar-refractivity contribution in [3.8, 4) is 5.75 Å². The SMILES string of the molecule is Cc1cc(OCC(=O)N(Cc2ccccc2Cl)[C@@H](Cc2ccccc2)C(=O)NC(C)(C)C)cc(C)c1Cl.